The highest BCUT2D eigenvalue weighted by molar-refractivity contribution is 6.35. The predicted octanol–water partition coefficient (Wildman–Crippen LogP) is 6.12. The molecule has 0 bridgehead atoms. The van der Waals surface area contributed by atoms with Crippen LogP contribution in [0.5, 0.6) is 0 Å². The number of nitriles is 1. The monoisotopic (exact) mass is 433 g/mol. The summed E-state index contributed by atoms with van der Waals surface area (Å²) in [5.41, 5.74) is -1.23. The van der Waals surface area contributed by atoms with Crippen molar-refractivity contribution in [3.8, 4) is 6.07 Å². The van der Waals surface area contributed by atoms with Gasteiger partial charge in [-0.05, 0) is 36.4 Å². The third kappa shape index (κ3) is 5.79. The molecule has 0 atom stereocenters. The fraction of sp³-hybridized carbons (Fsp3) is 0.0588. The van der Waals surface area contributed by atoms with Crippen LogP contribution in [0.3, 0.4) is 0 Å². The Bertz CT molecular complexity index is 932. The van der Waals surface area contributed by atoms with Crippen molar-refractivity contribution >= 4 is 52.1 Å². The summed E-state index contributed by atoms with van der Waals surface area (Å²) in [6, 6.07) is 9.03. The van der Waals surface area contributed by atoms with Gasteiger partial charge in [-0.2, -0.15) is 18.4 Å². The van der Waals surface area contributed by atoms with Gasteiger partial charge in [-0.15, -0.1) is 0 Å². The highest BCUT2D eigenvalue weighted by Gasteiger charge is 2.33. The van der Waals surface area contributed by atoms with E-state index in [1.807, 2.05) is 0 Å². The molecule has 0 aliphatic rings. The van der Waals surface area contributed by atoms with Gasteiger partial charge in [0.05, 0.1) is 10.6 Å². The maximum Gasteiger partial charge on any atom is 0.417 e. The van der Waals surface area contributed by atoms with E-state index in [1.165, 1.54) is 24.3 Å². The van der Waals surface area contributed by atoms with Gasteiger partial charge in [-0.1, -0.05) is 34.8 Å². The summed E-state index contributed by atoms with van der Waals surface area (Å²) in [4.78, 5) is 12.1. The number of carbonyl (C=O) groups is 1. The van der Waals surface area contributed by atoms with Gasteiger partial charge in [0.1, 0.15) is 11.6 Å². The Hall–Kier alpha value is -2.40. The molecule has 2 N–H and O–H groups in total. The Labute approximate surface area is 167 Å². The maximum atomic E-state index is 12.9. The van der Waals surface area contributed by atoms with Crippen molar-refractivity contribution in [2.75, 3.05) is 10.6 Å². The lowest BCUT2D eigenvalue weighted by Crippen LogP contribution is -2.15. The molecule has 0 aliphatic carbocycles. The zero-order chi connectivity index (χ0) is 20.2. The zero-order valence-corrected chi connectivity index (χ0v) is 15.4. The van der Waals surface area contributed by atoms with Crippen LogP contribution < -0.4 is 10.6 Å². The molecular weight excluding hydrogens is 426 g/mol. The molecular formula is C17H9Cl3F3N3O. The topological polar surface area (TPSA) is 64.9 Å². The van der Waals surface area contributed by atoms with Crippen molar-refractivity contribution < 1.29 is 18.0 Å². The van der Waals surface area contributed by atoms with E-state index < -0.39 is 22.7 Å². The van der Waals surface area contributed by atoms with E-state index in [0.717, 1.165) is 12.3 Å². The first-order valence-corrected chi connectivity index (χ1v) is 8.24. The Kier molecular flexibility index (Phi) is 6.60. The Balaban J connectivity index is 2.19. The molecule has 27 heavy (non-hydrogen) atoms. The van der Waals surface area contributed by atoms with E-state index in [9.17, 15) is 18.0 Å². The molecule has 140 valence electrons. The summed E-state index contributed by atoms with van der Waals surface area (Å²) in [5, 5.41) is 14.2. The molecule has 4 nitrogen and oxygen atoms in total. The minimum absolute atomic E-state index is 0.163. The van der Waals surface area contributed by atoms with Gasteiger partial charge in [-0.3, -0.25) is 4.79 Å². The molecule has 2 aromatic carbocycles. The zero-order valence-electron chi connectivity index (χ0n) is 13.2. The van der Waals surface area contributed by atoms with Gasteiger partial charge < -0.3 is 10.6 Å². The van der Waals surface area contributed by atoms with E-state index in [2.05, 4.69) is 10.6 Å². The van der Waals surface area contributed by atoms with Crippen LogP contribution in [-0.4, -0.2) is 5.91 Å². The van der Waals surface area contributed by atoms with Gasteiger partial charge in [-0.25, -0.2) is 0 Å². The van der Waals surface area contributed by atoms with Crippen molar-refractivity contribution in [3.05, 3.63) is 68.8 Å². The van der Waals surface area contributed by atoms with Crippen LogP contribution in [0, 0.1) is 11.3 Å². The Morgan fingerprint density at radius 1 is 1.04 bits per heavy atom. The smallest absolute Gasteiger partial charge is 0.360 e. The normalized spacial score (nSPS) is 11.7. The summed E-state index contributed by atoms with van der Waals surface area (Å²) in [6.45, 7) is 0. The highest BCUT2D eigenvalue weighted by atomic mass is 35.5. The summed E-state index contributed by atoms with van der Waals surface area (Å²) in [6.07, 6.45) is -3.60. The number of rotatable bonds is 4. The number of hydrogen-bond acceptors (Lipinski definition) is 3. The standard InChI is InChI=1S/C17H9Cl3F3N3O/c18-10-3-11(19)5-13(4-10)25-8-9(7-24)16(27)26-12-1-2-15(20)14(6-12)17(21,22)23/h1-6,8,25H,(H,26,27)/b9-8-. The molecule has 0 unspecified atom stereocenters. The first-order chi connectivity index (χ1) is 12.6. The number of amides is 1. The van der Waals surface area contributed by atoms with Gasteiger partial charge in [0.2, 0.25) is 0 Å². The van der Waals surface area contributed by atoms with Crippen molar-refractivity contribution in [1.29, 1.82) is 5.26 Å². The average molecular weight is 435 g/mol. The molecule has 0 aromatic heterocycles. The number of alkyl halides is 3. The van der Waals surface area contributed by atoms with E-state index in [-0.39, 0.29) is 11.3 Å². The van der Waals surface area contributed by atoms with Crippen LogP contribution in [0.4, 0.5) is 24.5 Å². The second-order valence-corrected chi connectivity index (χ2v) is 6.40. The summed E-state index contributed by atoms with van der Waals surface area (Å²) < 4.78 is 38.6. The van der Waals surface area contributed by atoms with Crippen LogP contribution in [-0.2, 0) is 11.0 Å². The summed E-state index contributed by atoms with van der Waals surface area (Å²) in [5.74, 6) is -0.909. The van der Waals surface area contributed by atoms with Crippen molar-refractivity contribution in [2.24, 2.45) is 0 Å². The van der Waals surface area contributed by atoms with Crippen LogP contribution >= 0.6 is 34.8 Å². The molecule has 2 rings (SSSR count). The average Bonchev–Trinajstić information content (AvgIpc) is 2.55. The minimum atomic E-state index is -4.68. The number of nitrogens with zero attached hydrogens (tertiary/aromatic N) is 1. The van der Waals surface area contributed by atoms with Crippen LogP contribution in [0.15, 0.2) is 48.2 Å². The summed E-state index contributed by atoms with van der Waals surface area (Å²) in [7, 11) is 0. The van der Waals surface area contributed by atoms with E-state index in [0.29, 0.717) is 21.8 Å². The third-order valence-electron chi connectivity index (χ3n) is 3.14. The molecule has 0 aliphatic heterocycles. The second-order valence-electron chi connectivity index (χ2n) is 5.12. The van der Waals surface area contributed by atoms with Crippen molar-refractivity contribution in [3.63, 3.8) is 0 Å². The number of anilines is 2. The number of halogens is 6. The van der Waals surface area contributed by atoms with Crippen LogP contribution in [0.2, 0.25) is 15.1 Å². The first-order valence-electron chi connectivity index (χ1n) is 7.11. The molecule has 2 aromatic rings. The largest absolute Gasteiger partial charge is 0.417 e. The number of benzene rings is 2. The molecule has 0 saturated heterocycles. The van der Waals surface area contributed by atoms with Crippen molar-refractivity contribution in [1.82, 2.24) is 0 Å². The second kappa shape index (κ2) is 8.53. The molecule has 0 saturated carbocycles. The molecule has 1 amide bonds. The van der Waals surface area contributed by atoms with Crippen LogP contribution in [0.1, 0.15) is 5.56 Å². The third-order valence-corrected chi connectivity index (χ3v) is 3.91. The van der Waals surface area contributed by atoms with E-state index in [4.69, 9.17) is 40.1 Å². The van der Waals surface area contributed by atoms with Gasteiger partial charge >= 0.3 is 6.18 Å². The predicted molar refractivity (Wildman–Crippen MR) is 98.9 cm³/mol. The molecule has 0 spiro atoms. The SMILES string of the molecule is N#C/C(=C/Nc1cc(Cl)cc(Cl)c1)C(=O)Nc1ccc(Cl)c(C(F)(F)F)c1. The lowest BCUT2D eigenvalue weighted by molar-refractivity contribution is -0.137. The molecule has 0 radical (unpaired) electrons. The lowest BCUT2D eigenvalue weighted by atomic mass is 10.2. The number of hydrogen-bond donors (Lipinski definition) is 2. The fourth-order valence-electron chi connectivity index (χ4n) is 1.96. The van der Waals surface area contributed by atoms with Gasteiger partial charge in [0.15, 0.2) is 0 Å². The first kappa shape index (κ1) is 20.9. The molecule has 10 heteroatoms. The molecule has 0 fully saturated rings. The lowest BCUT2D eigenvalue weighted by Gasteiger charge is -2.11. The van der Waals surface area contributed by atoms with Gasteiger partial charge in [0.25, 0.3) is 5.91 Å². The highest BCUT2D eigenvalue weighted by Crippen LogP contribution is 2.36. The van der Waals surface area contributed by atoms with E-state index >= 15 is 0 Å². The minimum Gasteiger partial charge on any atom is -0.360 e. The fourth-order valence-corrected chi connectivity index (χ4v) is 2.71. The van der Waals surface area contributed by atoms with Crippen LogP contribution in [0.25, 0.3) is 0 Å². The Morgan fingerprint density at radius 2 is 1.67 bits per heavy atom. The quantitative estimate of drug-likeness (QED) is 0.450. The number of carbonyl (C=O) groups excluding carboxylic acids is 1. The number of nitrogens with one attached hydrogen (secondary N) is 2. The van der Waals surface area contributed by atoms with Gasteiger partial charge in [0, 0.05) is 27.6 Å². The maximum absolute atomic E-state index is 12.9. The van der Waals surface area contributed by atoms with Crippen molar-refractivity contribution in [2.45, 2.75) is 6.18 Å². The molecule has 0 heterocycles. The Morgan fingerprint density at radius 3 is 2.22 bits per heavy atom. The summed E-state index contributed by atoms with van der Waals surface area (Å²) >= 11 is 17.2. The van der Waals surface area contributed by atoms with E-state index in [1.54, 1.807) is 6.07 Å².